The molecule has 0 aromatic carbocycles. The first-order valence-electron chi connectivity index (χ1n) is 5.76. The molecule has 0 bridgehead atoms. The lowest BCUT2D eigenvalue weighted by Gasteiger charge is -2.26. The Kier molecular flexibility index (Phi) is 4.67. The van der Waals surface area contributed by atoms with E-state index in [2.05, 4.69) is 4.74 Å². The maximum absolute atomic E-state index is 12.1. The fourth-order valence-corrected chi connectivity index (χ4v) is 1.80. The van der Waals surface area contributed by atoms with Crippen molar-refractivity contribution in [3.63, 3.8) is 0 Å². The van der Waals surface area contributed by atoms with Crippen molar-refractivity contribution < 1.29 is 33.0 Å². The molecule has 6 nitrogen and oxygen atoms in total. The minimum Gasteiger partial charge on any atom is -0.480 e. The van der Waals surface area contributed by atoms with Crippen molar-refractivity contribution in [2.24, 2.45) is 0 Å². The molecular formula is C11H17F2NO5. The number of carbonyl (C=O) groups is 2. The molecule has 1 amide bonds. The Hall–Kier alpha value is -1.44. The largest absolute Gasteiger partial charge is 0.480 e. The summed E-state index contributed by atoms with van der Waals surface area (Å²) in [5, 5.41) is 8.99. The van der Waals surface area contributed by atoms with Crippen LogP contribution in [0, 0.1) is 0 Å². The highest BCUT2D eigenvalue weighted by Gasteiger charge is 2.42. The van der Waals surface area contributed by atoms with Gasteiger partial charge in [0.15, 0.2) is 0 Å². The number of rotatable bonds is 3. The van der Waals surface area contributed by atoms with Gasteiger partial charge in [0.2, 0.25) is 0 Å². The van der Waals surface area contributed by atoms with Gasteiger partial charge in [0, 0.05) is 6.42 Å². The Labute approximate surface area is 109 Å². The van der Waals surface area contributed by atoms with Crippen LogP contribution in [0.25, 0.3) is 0 Å². The molecule has 2 atom stereocenters. The number of halogens is 2. The monoisotopic (exact) mass is 281 g/mol. The second kappa shape index (κ2) is 5.68. The van der Waals surface area contributed by atoms with Gasteiger partial charge in [-0.15, -0.1) is 0 Å². The molecule has 1 aliphatic rings. The minimum atomic E-state index is -3.00. The average Bonchev–Trinajstić information content (AvgIpc) is 2.57. The van der Waals surface area contributed by atoms with Crippen molar-refractivity contribution in [3.05, 3.63) is 0 Å². The summed E-state index contributed by atoms with van der Waals surface area (Å²) < 4.78 is 33.5. The van der Waals surface area contributed by atoms with Gasteiger partial charge in [0.05, 0.1) is 12.6 Å². The fraction of sp³-hybridized carbons (Fsp3) is 0.818. The number of carbonyl (C=O) groups excluding carboxylic acids is 1. The number of amides is 1. The van der Waals surface area contributed by atoms with Crippen molar-refractivity contribution in [2.45, 2.75) is 51.6 Å². The molecule has 1 rings (SSSR count). The van der Waals surface area contributed by atoms with Crippen molar-refractivity contribution in [2.75, 3.05) is 6.54 Å². The number of nitrogens with zero attached hydrogens (tertiary/aromatic N) is 1. The number of ether oxygens (including phenoxy) is 2. The van der Waals surface area contributed by atoms with E-state index in [1.165, 1.54) is 0 Å². The third kappa shape index (κ3) is 4.62. The highest BCUT2D eigenvalue weighted by atomic mass is 19.3. The SMILES string of the molecule is CC(C)(C)OC(=O)N1C[C@@H](OC(F)F)C[C@@H]1C(=O)O. The highest BCUT2D eigenvalue weighted by Crippen LogP contribution is 2.24. The van der Waals surface area contributed by atoms with E-state index >= 15 is 0 Å². The van der Waals surface area contributed by atoms with Gasteiger partial charge in [-0.2, -0.15) is 8.78 Å². The minimum absolute atomic E-state index is 0.182. The van der Waals surface area contributed by atoms with Crippen LogP contribution < -0.4 is 0 Å². The smallest absolute Gasteiger partial charge is 0.411 e. The number of aliphatic carboxylic acids is 1. The van der Waals surface area contributed by atoms with Gasteiger partial charge in [0.1, 0.15) is 11.6 Å². The Morgan fingerprint density at radius 1 is 1.37 bits per heavy atom. The number of alkyl halides is 2. The second-order valence-electron chi connectivity index (χ2n) is 5.24. The first-order valence-corrected chi connectivity index (χ1v) is 5.76. The molecule has 110 valence electrons. The summed E-state index contributed by atoms with van der Waals surface area (Å²) in [6.45, 7) is 1.66. The molecule has 0 radical (unpaired) electrons. The van der Waals surface area contributed by atoms with E-state index in [-0.39, 0.29) is 13.0 Å². The molecule has 1 heterocycles. The molecule has 1 N–H and O–H groups in total. The first-order chi connectivity index (χ1) is 8.60. The normalized spacial score (nSPS) is 23.8. The lowest BCUT2D eigenvalue weighted by atomic mass is 10.2. The predicted molar refractivity (Wildman–Crippen MR) is 59.9 cm³/mol. The average molecular weight is 281 g/mol. The lowest BCUT2D eigenvalue weighted by Crippen LogP contribution is -2.43. The van der Waals surface area contributed by atoms with Gasteiger partial charge in [-0.3, -0.25) is 4.90 Å². The van der Waals surface area contributed by atoms with Gasteiger partial charge in [-0.25, -0.2) is 9.59 Å². The van der Waals surface area contributed by atoms with E-state index in [9.17, 15) is 18.4 Å². The van der Waals surface area contributed by atoms with Gasteiger partial charge >= 0.3 is 18.7 Å². The molecule has 19 heavy (non-hydrogen) atoms. The van der Waals surface area contributed by atoms with Crippen LogP contribution in [-0.4, -0.2) is 53.0 Å². The van der Waals surface area contributed by atoms with E-state index in [0.29, 0.717) is 0 Å². The van der Waals surface area contributed by atoms with Crippen molar-refractivity contribution in [1.29, 1.82) is 0 Å². The van der Waals surface area contributed by atoms with Gasteiger partial charge in [-0.05, 0) is 20.8 Å². The summed E-state index contributed by atoms with van der Waals surface area (Å²) in [5.74, 6) is -1.27. The quantitative estimate of drug-likeness (QED) is 0.852. The molecule has 0 aliphatic carbocycles. The summed E-state index contributed by atoms with van der Waals surface area (Å²) in [6, 6.07) is -1.21. The van der Waals surface area contributed by atoms with Crippen LogP contribution in [0.4, 0.5) is 13.6 Å². The van der Waals surface area contributed by atoms with Crippen LogP contribution in [0.2, 0.25) is 0 Å². The molecule has 0 aromatic heterocycles. The third-order valence-corrected chi connectivity index (χ3v) is 2.47. The zero-order valence-electron chi connectivity index (χ0n) is 10.9. The Bertz CT molecular complexity index is 355. The van der Waals surface area contributed by atoms with Crippen LogP contribution >= 0.6 is 0 Å². The molecule has 1 saturated heterocycles. The summed E-state index contributed by atoms with van der Waals surface area (Å²) in [7, 11) is 0. The molecule has 0 spiro atoms. The summed E-state index contributed by atoms with van der Waals surface area (Å²) >= 11 is 0. The van der Waals surface area contributed by atoms with E-state index in [1.54, 1.807) is 20.8 Å². The maximum atomic E-state index is 12.1. The van der Waals surface area contributed by atoms with Crippen LogP contribution in [0.5, 0.6) is 0 Å². The molecule has 1 aliphatic heterocycles. The van der Waals surface area contributed by atoms with Gasteiger partial charge in [0.25, 0.3) is 0 Å². The topological polar surface area (TPSA) is 76.1 Å². The van der Waals surface area contributed by atoms with Crippen LogP contribution in [0.3, 0.4) is 0 Å². The van der Waals surface area contributed by atoms with Crippen LogP contribution in [0.15, 0.2) is 0 Å². The number of hydrogen-bond acceptors (Lipinski definition) is 4. The number of carboxylic acid groups (broad SMARTS) is 1. The summed E-state index contributed by atoms with van der Waals surface area (Å²) in [6.07, 6.45) is -2.03. The van der Waals surface area contributed by atoms with Crippen molar-refractivity contribution in [3.8, 4) is 0 Å². The van der Waals surface area contributed by atoms with Gasteiger partial charge < -0.3 is 14.6 Å². The van der Waals surface area contributed by atoms with Crippen molar-refractivity contribution in [1.82, 2.24) is 4.90 Å². The summed E-state index contributed by atoms with van der Waals surface area (Å²) in [5.41, 5.74) is -0.790. The zero-order chi connectivity index (χ0) is 14.8. The van der Waals surface area contributed by atoms with E-state index in [0.717, 1.165) is 4.90 Å². The molecular weight excluding hydrogens is 264 g/mol. The predicted octanol–water partition coefficient (Wildman–Crippen LogP) is 1.69. The molecule has 8 heteroatoms. The van der Waals surface area contributed by atoms with E-state index in [1.807, 2.05) is 0 Å². The fourth-order valence-electron chi connectivity index (χ4n) is 1.80. The van der Waals surface area contributed by atoms with E-state index < -0.39 is 36.4 Å². The van der Waals surface area contributed by atoms with Crippen LogP contribution in [-0.2, 0) is 14.3 Å². The maximum Gasteiger partial charge on any atom is 0.411 e. The molecule has 1 fully saturated rings. The molecule has 0 unspecified atom stereocenters. The Morgan fingerprint density at radius 3 is 2.37 bits per heavy atom. The third-order valence-electron chi connectivity index (χ3n) is 2.47. The Morgan fingerprint density at radius 2 is 1.95 bits per heavy atom. The Balaban J connectivity index is 2.74. The number of likely N-dealkylation sites (tertiary alicyclic amines) is 1. The molecule has 0 aromatic rings. The summed E-state index contributed by atoms with van der Waals surface area (Å²) in [4.78, 5) is 23.7. The van der Waals surface area contributed by atoms with Crippen LogP contribution in [0.1, 0.15) is 27.2 Å². The number of carboxylic acids is 1. The molecule has 0 saturated carbocycles. The zero-order valence-corrected chi connectivity index (χ0v) is 10.9. The first kappa shape index (κ1) is 15.6. The van der Waals surface area contributed by atoms with Gasteiger partial charge in [-0.1, -0.05) is 0 Å². The lowest BCUT2D eigenvalue weighted by molar-refractivity contribution is -0.159. The number of hydrogen-bond donors (Lipinski definition) is 1. The highest BCUT2D eigenvalue weighted by molar-refractivity contribution is 5.81. The van der Waals surface area contributed by atoms with E-state index in [4.69, 9.17) is 9.84 Å². The van der Waals surface area contributed by atoms with Crippen molar-refractivity contribution >= 4 is 12.1 Å². The standard InChI is InChI=1S/C11H17F2NO5/c1-11(2,3)19-10(17)14-5-6(18-9(12)13)4-7(14)8(15)16/h6-7,9H,4-5H2,1-3H3,(H,15,16)/t6-,7+/m0/s1. The second-order valence-corrected chi connectivity index (χ2v) is 5.24.